The Kier molecular flexibility index (Phi) is 3.81. The number of piperazine rings is 1. The van der Waals surface area contributed by atoms with Gasteiger partial charge in [0.2, 0.25) is 5.82 Å². The molecule has 2 fully saturated rings. The van der Waals surface area contributed by atoms with Gasteiger partial charge in [-0.25, -0.2) is 4.68 Å². The molecular formula is C13H22N6O2. The highest BCUT2D eigenvalue weighted by atomic mass is 16.6. The van der Waals surface area contributed by atoms with Gasteiger partial charge >= 0.3 is 5.69 Å². The molecule has 0 saturated carbocycles. The first-order chi connectivity index (χ1) is 10.1. The molecule has 8 heteroatoms. The van der Waals surface area contributed by atoms with Crippen LogP contribution in [0.2, 0.25) is 0 Å². The van der Waals surface area contributed by atoms with Gasteiger partial charge in [0.25, 0.3) is 0 Å². The lowest BCUT2D eigenvalue weighted by molar-refractivity contribution is -0.384. The minimum absolute atomic E-state index is 0.179. The first-order valence-electron chi connectivity index (χ1n) is 7.51. The molecule has 2 saturated heterocycles. The Morgan fingerprint density at radius 3 is 2.62 bits per heavy atom. The van der Waals surface area contributed by atoms with Crippen molar-refractivity contribution in [3.8, 4) is 0 Å². The van der Waals surface area contributed by atoms with E-state index in [0.29, 0.717) is 24.0 Å². The van der Waals surface area contributed by atoms with Crippen molar-refractivity contribution >= 4 is 11.5 Å². The molecule has 2 aliphatic heterocycles. The maximum atomic E-state index is 11.3. The van der Waals surface area contributed by atoms with Crippen LogP contribution in [0.5, 0.6) is 0 Å². The number of anilines is 1. The van der Waals surface area contributed by atoms with Gasteiger partial charge in [-0.2, -0.15) is 5.10 Å². The summed E-state index contributed by atoms with van der Waals surface area (Å²) < 4.78 is 1.66. The van der Waals surface area contributed by atoms with Crippen LogP contribution in [0.15, 0.2) is 0 Å². The number of aryl methyl sites for hydroxylation is 2. The largest absolute Gasteiger partial charge is 0.348 e. The number of nitrogens with zero attached hydrogens (tertiary/aromatic N) is 5. The van der Waals surface area contributed by atoms with Crippen LogP contribution in [0.1, 0.15) is 12.6 Å². The zero-order chi connectivity index (χ0) is 15.0. The maximum absolute atomic E-state index is 11.3. The van der Waals surface area contributed by atoms with E-state index in [1.165, 1.54) is 0 Å². The van der Waals surface area contributed by atoms with Crippen molar-refractivity contribution in [2.24, 2.45) is 7.05 Å². The van der Waals surface area contributed by atoms with Gasteiger partial charge in [-0.1, -0.05) is 6.92 Å². The van der Waals surface area contributed by atoms with Gasteiger partial charge in [0.1, 0.15) is 5.69 Å². The molecule has 0 aliphatic carbocycles. The molecule has 1 aromatic rings. The molecular weight excluding hydrogens is 272 g/mol. The Morgan fingerprint density at radius 1 is 1.38 bits per heavy atom. The minimum Gasteiger partial charge on any atom is -0.348 e. The lowest BCUT2D eigenvalue weighted by atomic mass is 10.1. The quantitative estimate of drug-likeness (QED) is 0.621. The van der Waals surface area contributed by atoms with E-state index in [4.69, 9.17) is 0 Å². The number of hydrogen-bond donors (Lipinski definition) is 1. The predicted octanol–water partition coefficient (Wildman–Crippen LogP) is -0.0155. The normalized spacial score (nSPS) is 20.6. The van der Waals surface area contributed by atoms with Crippen molar-refractivity contribution in [3.05, 3.63) is 15.8 Å². The summed E-state index contributed by atoms with van der Waals surface area (Å²) in [5.41, 5.74) is 0.752. The van der Waals surface area contributed by atoms with E-state index < -0.39 is 0 Å². The molecule has 0 aromatic carbocycles. The fourth-order valence-corrected chi connectivity index (χ4v) is 3.24. The van der Waals surface area contributed by atoms with Gasteiger partial charge < -0.3 is 10.2 Å². The second-order valence-electron chi connectivity index (χ2n) is 5.70. The fourth-order valence-electron chi connectivity index (χ4n) is 3.24. The predicted molar refractivity (Wildman–Crippen MR) is 79.7 cm³/mol. The number of nitro groups is 1. The molecule has 8 nitrogen and oxygen atoms in total. The number of aromatic nitrogens is 2. The van der Waals surface area contributed by atoms with E-state index in [1.54, 1.807) is 11.7 Å². The van der Waals surface area contributed by atoms with Crippen LogP contribution in [0.3, 0.4) is 0 Å². The summed E-state index contributed by atoms with van der Waals surface area (Å²) in [6.07, 6.45) is 0.583. The molecule has 0 unspecified atom stereocenters. The lowest BCUT2D eigenvalue weighted by Crippen LogP contribution is -2.63. The van der Waals surface area contributed by atoms with Gasteiger partial charge in [0.15, 0.2) is 0 Å². The zero-order valence-corrected chi connectivity index (χ0v) is 12.6. The molecule has 3 heterocycles. The molecule has 116 valence electrons. The van der Waals surface area contributed by atoms with Gasteiger partial charge in [0.05, 0.1) is 4.92 Å². The summed E-state index contributed by atoms with van der Waals surface area (Å²) in [6.45, 7) is 7.79. The van der Waals surface area contributed by atoms with E-state index in [2.05, 4.69) is 20.2 Å². The number of rotatable bonds is 4. The van der Waals surface area contributed by atoms with E-state index >= 15 is 0 Å². The third-order valence-electron chi connectivity index (χ3n) is 4.41. The van der Waals surface area contributed by atoms with E-state index in [1.807, 2.05) is 6.92 Å². The Hall–Kier alpha value is -1.67. The van der Waals surface area contributed by atoms with Crippen LogP contribution in [0.25, 0.3) is 0 Å². The van der Waals surface area contributed by atoms with Crippen LogP contribution in [0, 0.1) is 10.1 Å². The molecule has 2 aliphatic rings. The fraction of sp³-hybridized carbons (Fsp3) is 0.769. The molecule has 3 rings (SSSR count). The highest BCUT2D eigenvalue weighted by Crippen LogP contribution is 2.35. The topological polar surface area (TPSA) is 79.5 Å². The average molecular weight is 294 g/mol. The standard InChI is InChI=1S/C13H22N6O2/c1-3-11-12(19(20)21)13(16(2)15-11)18-8-10(9-18)17-6-4-14-5-7-17/h10,14H,3-9H2,1-2H3. The Bertz CT molecular complexity index is 531. The van der Waals surface area contributed by atoms with Crippen LogP contribution >= 0.6 is 0 Å². The molecule has 1 aromatic heterocycles. The highest BCUT2D eigenvalue weighted by molar-refractivity contribution is 5.63. The first-order valence-corrected chi connectivity index (χ1v) is 7.51. The first kappa shape index (κ1) is 14.3. The van der Waals surface area contributed by atoms with Gasteiger partial charge in [-0.3, -0.25) is 15.0 Å². The van der Waals surface area contributed by atoms with Crippen molar-refractivity contribution in [1.29, 1.82) is 0 Å². The Morgan fingerprint density at radius 2 is 2.05 bits per heavy atom. The van der Waals surface area contributed by atoms with Crippen molar-refractivity contribution in [1.82, 2.24) is 20.0 Å². The minimum atomic E-state index is -0.292. The van der Waals surface area contributed by atoms with E-state index in [0.717, 1.165) is 39.3 Å². The Labute approximate surface area is 123 Å². The van der Waals surface area contributed by atoms with E-state index in [9.17, 15) is 10.1 Å². The van der Waals surface area contributed by atoms with Gasteiger partial charge in [-0.15, -0.1) is 0 Å². The highest BCUT2D eigenvalue weighted by Gasteiger charge is 2.39. The second kappa shape index (κ2) is 5.61. The third-order valence-corrected chi connectivity index (χ3v) is 4.41. The Balaban J connectivity index is 1.74. The van der Waals surface area contributed by atoms with Gasteiger partial charge in [0, 0.05) is 52.4 Å². The van der Waals surface area contributed by atoms with Crippen LogP contribution in [-0.2, 0) is 13.5 Å². The number of hydrogen-bond acceptors (Lipinski definition) is 6. The maximum Gasteiger partial charge on any atom is 0.334 e. The molecule has 1 N–H and O–H groups in total. The van der Waals surface area contributed by atoms with Crippen LogP contribution in [-0.4, -0.2) is 64.9 Å². The summed E-state index contributed by atoms with van der Waals surface area (Å²) in [6, 6.07) is 0.506. The van der Waals surface area contributed by atoms with Crippen LogP contribution in [0.4, 0.5) is 11.5 Å². The lowest BCUT2D eigenvalue weighted by Gasteiger charge is -2.47. The van der Waals surface area contributed by atoms with Crippen molar-refractivity contribution in [2.75, 3.05) is 44.2 Å². The molecule has 0 spiro atoms. The second-order valence-corrected chi connectivity index (χ2v) is 5.70. The molecule has 0 radical (unpaired) electrons. The molecule has 0 bridgehead atoms. The summed E-state index contributed by atoms with van der Waals surface area (Å²) in [5.74, 6) is 0.656. The van der Waals surface area contributed by atoms with Crippen molar-refractivity contribution in [3.63, 3.8) is 0 Å². The summed E-state index contributed by atoms with van der Waals surface area (Å²) in [5, 5.41) is 19.0. The third kappa shape index (κ3) is 2.49. The smallest absolute Gasteiger partial charge is 0.334 e. The van der Waals surface area contributed by atoms with Crippen molar-refractivity contribution < 1.29 is 4.92 Å². The summed E-state index contributed by atoms with van der Waals surface area (Å²) in [4.78, 5) is 15.6. The number of nitrogens with one attached hydrogen (secondary N) is 1. The van der Waals surface area contributed by atoms with Crippen LogP contribution < -0.4 is 10.2 Å². The monoisotopic (exact) mass is 294 g/mol. The average Bonchev–Trinajstić information content (AvgIpc) is 2.76. The van der Waals surface area contributed by atoms with E-state index in [-0.39, 0.29) is 10.6 Å². The SMILES string of the molecule is CCc1nn(C)c(N2CC(N3CCNCC3)C2)c1[N+](=O)[O-]. The molecule has 21 heavy (non-hydrogen) atoms. The van der Waals surface area contributed by atoms with Gasteiger partial charge in [-0.05, 0) is 6.42 Å². The van der Waals surface area contributed by atoms with Crippen molar-refractivity contribution in [2.45, 2.75) is 19.4 Å². The molecule has 0 amide bonds. The summed E-state index contributed by atoms with van der Waals surface area (Å²) >= 11 is 0. The molecule has 0 atom stereocenters. The zero-order valence-electron chi connectivity index (χ0n) is 12.6. The summed E-state index contributed by atoms with van der Waals surface area (Å²) in [7, 11) is 1.79.